The molecule has 1 N–H and O–H groups in total. The molecule has 3 heteroatoms. The topological polar surface area (TPSA) is 46.5 Å². The zero-order valence-corrected chi connectivity index (χ0v) is 12.3. The maximum absolute atomic E-state index is 11.4. The molecule has 2 aromatic rings. The first-order valence-electron chi connectivity index (χ1n) is 7.16. The Bertz CT molecular complexity index is 575. The number of carbonyl (C=O) groups is 1. The van der Waals surface area contributed by atoms with Crippen molar-refractivity contribution in [2.24, 2.45) is 0 Å². The van der Waals surface area contributed by atoms with Crippen molar-refractivity contribution in [3.05, 3.63) is 65.7 Å². The number of benzene rings is 2. The van der Waals surface area contributed by atoms with Crippen molar-refractivity contribution in [2.45, 2.75) is 32.3 Å². The first kappa shape index (κ1) is 15.1. The third-order valence-electron chi connectivity index (χ3n) is 3.64. The first-order chi connectivity index (χ1) is 10.1. The van der Waals surface area contributed by atoms with E-state index in [4.69, 9.17) is 4.74 Å². The molecule has 0 aliphatic carbocycles. The molecular formula is C18H20O3. The van der Waals surface area contributed by atoms with Crippen LogP contribution in [-0.4, -0.2) is 11.1 Å². The molecule has 0 saturated carbocycles. The van der Waals surface area contributed by atoms with Crippen molar-refractivity contribution >= 4 is 5.97 Å². The monoisotopic (exact) mass is 284 g/mol. The van der Waals surface area contributed by atoms with Gasteiger partial charge in [0.1, 0.15) is 5.75 Å². The lowest BCUT2D eigenvalue weighted by atomic mass is 9.99. The summed E-state index contributed by atoms with van der Waals surface area (Å²) in [7, 11) is 0. The normalized spacial score (nSPS) is 13.4. The lowest BCUT2D eigenvalue weighted by molar-refractivity contribution is -0.145. The van der Waals surface area contributed by atoms with Crippen LogP contribution in [0.3, 0.4) is 0 Å². The van der Waals surface area contributed by atoms with Gasteiger partial charge in [-0.25, -0.2) is 4.79 Å². The maximum Gasteiger partial charge on any atom is 0.349 e. The molecular weight excluding hydrogens is 264 g/mol. The highest BCUT2D eigenvalue weighted by Gasteiger charge is 2.21. The third-order valence-corrected chi connectivity index (χ3v) is 3.64. The van der Waals surface area contributed by atoms with Crippen molar-refractivity contribution in [3.63, 3.8) is 0 Å². The molecule has 0 spiro atoms. The Morgan fingerprint density at radius 2 is 1.67 bits per heavy atom. The van der Waals surface area contributed by atoms with Crippen LogP contribution in [0.1, 0.15) is 43.4 Å². The first-order valence-corrected chi connectivity index (χ1v) is 7.16. The fraction of sp³-hybridized carbons (Fsp3) is 0.278. The summed E-state index contributed by atoms with van der Waals surface area (Å²) in [5.41, 5.74) is 1.87. The molecule has 21 heavy (non-hydrogen) atoms. The molecule has 0 radical (unpaired) electrons. The van der Waals surface area contributed by atoms with E-state index in [1.54, 1.807) is 24.3 Å². The van der Waals surface area contributed by atoms with Crippen LogP contribution in [0.4, 0.5) is 0 Å². The van der Waals surface area contributed by atoms with Gasteiger partial charge < -0.3 is 9.84 Å². The van der Waals surface area contributed by atoms with Crippen LogP contribution in [0, 0.1) is 0 Å². The van der Waals surface area contributed by atoms with Crippen molar-refractivity contribution in [1.82, 2.24) is 0 Å². The van der Waals surface area contributed by atoms with E-state index < -0.39 is 12.1 Å². The van der Waals surface area contributed by atoms with Crippen molar-refractivity contribution in [3.8, 4) is 5.75 Å². The van der Waals surface area contributed by atoms with E-state index >= 15 is 0 Å². The van der Waals surface area contributed by atoms with Crippen LogP contribution >= 0.6 is 0 Å². The minimum Gasteiger partial charge on any atom is -0.478 e. The molecule has 110 valence electrons. The highest BCUT2D eigenvalue weighted by molar-refractivity contribution is 5.74. The van der Waals surface area contributed by atoms with Crippen LogP contribution in [0.2, 0.25) is 0 Å². The SMILES string of the molecule is CCC(C)c1ccc(OC(C(=O)O)c2ccccc2)cc1. The average molecular weight is 284 g/mol. The highest BCUT2D eigenvalue weighted by atomic mass is 16.5. The lowest BCUT2D eigenvalue weighted by Crippen LogP contribution is -2.18. The molecule has 0 heterocycles. The molecule has 0 saturated heterocycles. The summed E-state index contributed by atoms with van der Waals surface area (Å²) in [6.07, 6.45) is 0.0859. The lowest BCUT2D eigenvalue weighted by Gasteiger charge is -2.16. The number of ether oxygens (including phenoxy) is 1. The molecule has 0 fully saturated rings. The zero-order chi connectivity index (χ0) is 15.2. The second kappa shape index (κ2) is 6.93. The second-order valence-electron chi connectivity index (χ2n) is 5.13. The maximum atomic E-state index is 11.4. The molecule has 0 amide bonds. The second-order valence-corrected chi connectivity index (χ2v) is 5.13. The van der Waals surface area contributed by atoms with Gasteiger partial charge in [-0.05, 0) is 30.0 Å². The van der Waals surface area contributed by atoms with E-state index in [1.165, 1.54) is 5.56 Å². The minimum atomic E-state index is -0.993. The van der Waals surface area contributed by atoms with E-state index in [0.717, 1.165) is 6.42 Å². The Morgan fingerprint density at radius 1 is 1.05 bits per heavy atom. The summed E-state index contributed by atoms with van der Waals surface area (Å²) in [5.74, 6) is 0.0638. The number of hydrogen-bond acceptors (Lipinski definition) is 2. The number of aliphatic carboxylic acids is 1. The van der Waals surface area contributed by atoms with Gasteiger partial charge in [-0.3, -0.25) is 0 Å². The fourth-order valence-corrected chi connectivity index (χ4v) is 2.14. The van der Waals surface area contributed by atoms with Gasteiger partial charge in [-0.15, -0.1) is 0 Å². The van der Waals surface area contributed by atoms with Crippen LogP contribution in [0.15, 0.2) is 54.6 Å². The standard InChI is InChI=1S/C18H20O3/c1-3-13(2)14-9-11-16(12-10-14)21-17(18(19)20)15-7-5-4-6-8-15/h4-13,17H,3H2,1-2H3,(H,19,20). The Morgan fingerprint density at radius 3 is 2.19 bits per heavy atom. The van der Waals surface area contributed by atoms with E-state index in [1.807, 2.05) is 30.3 Å². The average Bonchev–Trinajstić information content (AvgIpc) is 2.53. The Balaban J connectivity index is 2.16. The molecule has 2 unspecified atom stereocenters. The number of carboxylic acid groups (broad SMARTS) is 1. The summed E-state index contributed by atoms with van der Waals surface area (Å²) in [6, 6.07) is 16.6. The minimum absolute atomic E-state index is 0.489. The van der Waals surface area contributed by atoms with Gasteiger partial charge in [-0.1, -0.05) is 56.3 Å². The van der Waals surface area contributed by atoms with Crippen molar-refractivity contribution < 1.29 is 14.6 Å². The summed E-state index contributed by atoms with van der Waals surface area (Å²) in [6.45, 7) is 4.31. The van der Waals surface area contributed by atoms with Gasteiger partial charge in [-0.2, -0.15) is 0 Å². The van der Waals surface area contributed by atoms with E-state index in [2.05, 4.69) is 13.8 Å². The van der Waals surface area contributed by atoms with Gasteiger partial charge in [0.05, 0.1) is 0 Å². The van der Waals surface area contributed by atoms with E-state index in [0.29, 0.717) is 17.2 Å². The van der Waals surface area contributed by atoms with Crippen LogP contribution < -0.4 is 4.74 Å². The Labute approximate surface area is 125 Å². The molecule has 2 rings (SSSR count). The summed E-state index contributed by atoms with van der Waals surface area (Å²) in [4.78, 5) is 11.4. The molecule has 2 atom stereocenters. The zero-order valence-electron chi connectivity index (χ0n) is 12.3. The Hall–Kier alpha value is -2.29. The predicted octanol–water partition coefficient (Wildman–Crippen LogP) is 4.40. The van der Waals surface area contributed by atoms with Gasteiger partial charge >= 0.3 is 5.97 Å². The number of carboxylic acids is 1. The molecule has 0 bridgehead atoms. The quantitative estimate of drug-likeness (QED) is 0.855. The van der Waals surface area contributed by atoms with Crippen LogP contribution in [-0.2, 0) is 4.79 Å². The third kappa shape index (κ3) is 3.85. The predicted molar refractivity (Wildman–Crippen MR) is 82.6 cm³/mol. The summed E-state index contributed by atoms with van der Waals surface area (Å²) >= 11 is 0. The molecule has 0 aliphatic rings. The Kier molecular flexibility index (Phi) is 4.99. The van der Waals surface area contributed by atoms with Crippen molar-refractivity contribution in [2.75, 3.05) is 0 Å². The largest absolute Gasteiger partial charge is 0.478 e. The van der Waals surface area contributed by atoms with Gasteiger partial charge in [0.15, 0.2) is 0 Å². The van der Waals surface area contributed by atoms with E-state index in [-0.39, 0.29) is 0 Å². The fourth-order valence-electron chi connectivity index (χ4n) is 2.14. The summed E-state index contributed by atoms with van der Waals surface area (Å²) in [5, 5.41) is 9.34. The molecule has 0 aliphatic heterocycles. The van der Waals surface area contributed by atoms with Gasteiger partial charge in [0, 0.05) is 5.56 Å². The highest BCUT2D eigenvalue weighted by Crippen LogP contribution is 2.25. The number of rotatable bonds is 6. The van der Waals surface area contributed by atoms with Crippen molar-refractivity contribution in [1.29, 1.82) is 0 Å². The molecule has 2 aromatic carbocycles. The van der Waals surface area contributed by atoms with Crippen LogP contribution in [0.5, 0.6) is 5.75 Å². The molecule has 3 nitrogen and oxygen atoms in total. The van der Waals surface area contributed by atoms with E-state index in [9.17, 15) is 9.90 Å². The summed E-state index contributed by atoms with van der Waals surface area (Å²) < 4.78 is 5.63. The smallest absolute Gasteiger partial charge is 0.349 e. The van der Waals surface area contributed by atoms with Gasteiger partial charge in [0.25, 0.3) is 0 Å². The number of hydrogen-bond donors (Lipinski definition) is 1. The van der Waals surface area contributed by atoms with Gasteiger partial charge in [0.2, 0.25) is 6.10 Å². The molecule has 0 aromatic heterocycles. The van der Waals surface area contributed by atoms with Crippen LogP contribution in [0.25, 0.3) is 0 Å².